The Hall–Kier alpha value is -1.62. The summed E-state index contributed by atoms with van der Waals surface area (Å²) in [7, 11) is -3.10. The van der Waals surface area contributed by atoms with Gasteiger partial charge in [-0.1, -0.05) is 43.7 Å². The molecule has 0 N–H and O–H groups in total. The van der Waals surface area contributed by atoms with Gasteiger partial charge < -0.3 is 4.90 Å². The lowest BCUT2D eigenvalue weighted by molar-refractivity contribution is -0.132. The number of carbonyl (C=O) groups excluding carboxylic acids is 1. The third-order valence-corrected chi connectivity index (χ3v) is 5.66. The van der Waals surface area contributed by atoms with Crippen LogP contribution in [0.5, 0.6) is 0 Å². The smallest absolute Gasteiger partial charge is 0.223 e. The number of aryl methyl sites for hydroxylation is 1. The van der Waals surface area contributed by atoms with E-state index >= 15 is 0 Å². The van der Waals surface area contributed by atoms with E-state index in [1.54, 1.807) is 6.08 Å². The van der Waals surface area contributed by atoms with Gasteiger partial charge in [0.25, 0.3) is 0 Å². The van der Waals surface area contributed by atoms with Crippen molar-refractivity contribution in [2.24, 2.45) is 5.92 Å². The molecule has 1 heterocycles. The summed E-state index contributed by atoms with van der Waals surface area (Å²) in [6.07, 6.45) is 3.90. The van der Waals surface area contributed by atoms with Crippen LogP contribution in [0, 0.1) is 12.8 Å². The van der Waals surface area contributed by atoms with E-state index in [1.165, 1.54) is 11.0 Å². The Labute approximate surface area is 139 Å². The van der Waals surface area contributed by atoms with Crippen molar-refractivity contribution in [2.45, 2.75) is 39.7 Å². The first kappa shape index (κ1) is 17.7. The van der Waals surface area contributed by atoms with Crippen molar-refractivity contribution in [3.8, 4) is 0 Å². The molecule has 2 rings (SSSR count). The minimum absolute atomic E-state index is 0.0356. The van der Waals surface area contributed by atoms with Gasteiger partial charge in [-0.15, -0.1) is 0 Å². The van der Waals surface area contributed by atoms with Crippen molar-refractivity contribution in [1.29, 1.82) is 0 Å². The minimum atomic E-state index is -3.10. The number of rotatable bonds is 7. The summed E-state index contributed by atoms with van der Waals surface area (Å²) < 4.78 is 23.0. The molecule has 0 aliphatic carbocycles. The Bertz CT molecular complexity index is 679. The Balaban J connectivity index is 2.04. The molecule has 0 fully saturated rings. The molecule has 1 atom stereocenters. The summed E-state index contributed by atoms with van der Waals surface area (Å²) in [5, 5.41) is 1.24. The minimum Gasteiger partial charge on any atom is -0.338 e. The van der Waals surface area contributed by atoms with Crippen molar-refractivity contribution in [3.63, 3.8) is 0 Å². The van der Waals surface area contributed by atoms with Crippen LogP contribution in [-0.4, -0.2) is 31.5 Å². The lowest BCUT2D eigenvalue weighted by Gasteiger charge is -2.24. The standard InChI is InChI=1S/C18H25NO3S/c1-3-4-10-19(13-17-8-6-5-7-15(17)2)18(20)12-16-9-11-23(21,22)14-16/h5-9,11,16H,3-4,10,12-14H2,1-2H3/t16-/m1/s1. The molecule has 1 aromatic rings. The van der Waals surface area contributed by atoms with E-state index in [4.69, 9.17) is 0 Å². The van der Waals surface area contributed by atoms with Gasteiger partial charge in [0.15, 0.2) is 9.84 Å². The van der Waals surface area contributed by atoms with E-state index in [1.807, 2.05) is 36.1 Å². The highest BCUT2D eigenvalue weighted by Gasteiger charge is 2.26. The molecule has 0 bridgehead atoms. The SMILES string of the molecule is CCCCN(Cc1ccccc1C)C(=O)C[C@H]1C=CS(=O)(=O)C1. The third-order valence-electron chi connectivity index (χ3n) is 4.20. The van der Waals surface area contributed by atoms with Crippen LogP contribution in [0.4, 0.5) is 0 Å². The molecule has 0 radical (unpaired) electrons. The number of hydrogen-bond donors (Lipinski definition) is 0. The van der Waals surface area contributed by atoms with Gasteiger partial charge in [-0.2, -0.15) is 0 Å². The molecule has 1 aromatic carbocycles. The van der Waals surface area contributed by atoms with E-state index in [-0.39, 0.29) is 24.0 Å². The van der Waals surface area contributed by atoms with Gasteiger partial charge in [0.2, 0.25) is 5.91 Å². The average Bonchev–Trinajstić information content (AvgIpc) is 2.84. The molecule has 23 heavy (non-hydrogen) atoms. The monoisotopic (exact) mass is 335 g/mol. The summed E-state index contributed by atoms with van der Waals surface area (Å²) in [5.74, 6) is -0.0907. The summed E-state index contributed by atoms with van der Waals surface area (Å²) in [5.41, 5.74) is 2.32. The lowest BCUT2D eigenvalue weighted by atomic mass is 10.1. The van der Waals surface area contributed by atoms with E-state index in [0.29, 0.717) is 13.1 Å². The highest BCUT2D eigenvalue weighted by atomic mass is 32.2. The van der Waals surface area contributed by atoms with E-state index in [0.717, 1.165) is 18.4 Å². The van der Waals surface area contributed by atoms with Crippen LogP contribution in [-0.2, 0) is 21.2 Å². The molecule has 0 spiro atoms. The third kappa shape index (κ3) is 5.20. The fourth-order valence-electron chi connectivity index (χ4n) is 2.75. The zero-order chi connectivity index (χ0) is 16.9. The molecule has 126 valence electrons. The van der Waals surface area contributed by atoms with Crippen molar-refractivity contribution in [2.75, 3.05) is 12.3 Å². The van der Waals surface area contributed by atoms with Crippen LogP contribution in [0.2, 0.25) is 0 Å². The molecule has 1 amide bonds. The number of allylic oxidation sites excluding steroid dienone is 1. The predicted molar refractivity (Wildman–Crippen MR) is 92.5 cm³/mol. The Morgan fingerprint density at radius 2 is 2.04 bits per heavy atom. The fraction of sp³-hybridized carbons (Fsp3) is 0.500. The number of amides is 1. The Kier molecular flexibility index (Phi) is 5.99. The van der Waals surface area contributed by atoms with Gasteiger partial charge in [0.05, 0.1) is 5.75 Å². The van der Waals surface area contributed by atoms with Crippen molar-refractivity contribution < 1.29 is 13.2 Å². The largest absolute Gasteiger partial charge is 0.338 e. The van der Waals surface area contributed by atoms with E-state index in [9.17, 15) is 13.2 Å². The van der Waals surface area contributed by atoms with Crippen LogP contribution in [0.15, 0.2) is 35.7 Å². The van der Waals surface area contributed by atoms with Crippen molar-refractivity contribution in [1.82, 2.24) is 4.90 Å². The molecular weight excluding hydrogens is 310 g/mol. The van der Waals surface area contributed by atoms with Crippen LogP contribution < -0.4 is 0 Å². The molecule has 0 aromatic heterocycles. The maximum absolute atomic E-state index is 12.6. The number of hydrogen-bond acceptors (Lipinski definition) is 3. The Morgan fingerprint density at radius 3 is 2.65 bits per heavy atom. The zero-order valence-corrected chi connectivity index (χ0v) is 14.7. The van der Waals surface area contributed by atoms with E-state index in [2.05, 4.69) is 6.92 Å². The fourth-order valence-corrected chi connectivity index (χ4v) is 4.15. The van der Waals surface area contributed by atoms with Crippen molar-refractivity contribution in [3.05, 3.63) is 46.9 Å². The number of nitrogens with zero attached hydrogens (tertiary/aromatic N) is 1. The maximum atomic E-state index is 12.6. The quantitative estimate of drug-likeness (QED) is 0.769. The first-order valence-corrected chi connectivity index (χ1v) is 9.86. The molecule has 5 heteroatoms. The summed E-state index contributed by atoms with van der Waals surface area (Å²) >= 11 is 0. The highest BCUT2D eigenvalue weighted by molar-refractivity contribution is 7.94. The molecule has 0 saturated heterocycles. The Morgan fingerprint density at radius 1 is 1.30 bits per heavy atom. The van der Waals surface area contributed by atoms with Gasteiger partial charge in [0, 0.05) is 30.8 Å². The lowest BCUT2D eigenvalue weighted by Crippen LogP contribution is -2.33. The maximum Gasteiger partial charge on any atom is 0.223 e. The van der Waals surface area contributed by atoms with Crippen molar-refractivity contribution >= 4 is 15.7 Å². The number of unbranched alkanes of at least 4 members (excludes halogenated alkanes) is 1. The molecule has 0 unspecified atom stereocenters. The highest BCUT2D eigenvalue weighted by Crippen LogP contribution is 2.20. The predicted octanol–water partition coefficient (Wildman–Crippen LogP) is 3.07. The molecule has 0 saturated carbocycles. The summed E-state index contributed by atoms with van der Waals surface area (Å²) in [6, 6.07) is 8.06. The number of benzene rings is 1. The second-order valence-electron chi connectivity index (χ2n) is 6.22. The van der Waals surface area contributed by atoms with Crippen LogP contribution >= 0.6 is 0 Å². The van der Waals surface area contributed by atoms with Gasteiger partial charge in [0.1, 0.15) is 0 Å². The normalized spacial score (nSPS) is 19.0. The van der Waals surface area contributed by atoms with Gasteiger partial charge >= 0.3 is 0 Å². The number of sulfone groups is 1. The summed E-state index contributed by atoms with van der Waals surface area (Å²) in [6.45, 7) is 5.45. The van der Waals surface area contributed by atoms with Gasteiger partial charge in [-0.25, -0.2) is 8.42 Å². The zero-order valence-electron chi connectivity index (χ0n) is 13.9. The molecule has 4 nitrogen and oxygen atoms in total. The van der Waals surface area contributed by atoms with E-state index < -0.39 is 9.84 Å². The molecule has 1 aliphatic heterocycles. The number of carbonyl (C=O) groups is 1. The summed E-state index contributed by atoms with van der Waals surface area (Å²) in [4.78, 5) is 14.5. The van der Waals surface area contributed by atoms with Crippen LogP contribution in [0.1, 0.15) is 37.3 Å². The van der Waals surface area contributed by atoms with Crippen LogP contribution in [0.3, 0.4) is 0 Å². The molecule has 1 aliphatic rings. The second-order valence-corrected chi connectivity index (χ2v) is 8.15. The van der Waals surface area contributed by atoms with Crippen LogP contribution in [0.25, 0.3) is 0 Å². The first-order chi connectivity index (χ1) is 10.9. The first-order valence-electron chi connectivity index (χ1n) is 8.14. The van der Waals surface area contributed by atoms with Gasteiger partial charge in [-0.3, -0.25) is 4.79 Å². The second kappa shape index (κ2) is 7.77. The topological polar surface area (TPSA) is 54.5 Å². The van der Waals surface area contributed by atoms with Gasteiger partial charge in [-0.05, 0) is 24.5 Å². The molecular formula is C18H25NO3S. The average molecular weight is 335 g/mol.